The molecule has 1 aliphatic rings. The zero-order valence-corrected chi connectivity index (χ0v) is 18.2. The molecule has 0 bridgehead atoms. The van der Waals surface area contributed by atoms with Gasteiger partial charge >= 0.3 is 0 Å². The van der Waals surface area contributed by atoms with Gasteiger partial charge in [0.2, 0.25) is 0 Å². The second kappa shape index (κ2) is 10.6. The molecule has 33 heavy (non-hydrogen) atoms. The molecule has 1 saturated heterocycles. The van der Waals surface area contributed by atoms with E-state index >= 15 is 0 Å². The first-order valence-corrected chi connectivity index (χ1v) is 10.6. The van der Waals surface area contributed by atoms with Crippen LogP contribution in [0.4, 0.5) is 5.69 Å². The molecular formula is C24H25N3O6. The number of nitrogens with zero attached hydrogens (tertiary/aromatic N) is 1. The lowest BCUT2D eigenvalue weighted by molar-refractivity contribution is 0.0850. The molecule has 4 rings (SSSR count). The lowest BCUT2D eigenvalue weighted by atomic mass is 10.2. The summed E-state index contributed by atoms with van der Waals surface area (Å²) >= 11 is 0. The Morgan fingerprint density at radius 2 is 1.82 bits per heavy atom. The molecule has 1 fully saturated rings. The third kappa shape index (κ3) is 6.11. The van der Waals surface area contributed by atoms with E-state index in [2.05, 4.69) is 15.8 Å². The monoisotopic (exact) mass is 451 g/mol. The highest BCUT2D eigenvalue weighted by Crippen LogP contribution is 2.19. The maximum atomic E-state index is 12.3. The molecule has 0 unspecified atom stereocenters. The molecule has 172 valence electrons. The Morgan fingerprint density at radius 1 is 1.06 bits per heavy atom. The molecule has 9 nitrogen and oxygen atoms in total. The van der Waals surface area contributed by atoms with E-state index in [1.807, 2.05) is 0 Å². The van der Waals surface area contributed by atoms with Gasteiger partial charge in [0.25, 0.3) is 11.8 Å². The Balaban J connectivity index is 1.24. The first kappa shape index (κ1) is 22.3. The van der Waals surface area contributed by atoms with Crippen LogP contribution in [0.15, 0.2) is 59.1 Å². The predicted octanol–water partition coefficient (Wildman–Crippen LogP) is 3.42. The number of methoxy groups -OCH3 is 1. The van der Waals surface area contributed by atoms with Crippen LogP contribution in [0.25, 0.3) is 0 Å². The van der Waals surface area contributed by atoms with E-state index in [0.29, 0.717) is 35.1 Å². The summed E-state index contributed by atoms with van der Waals surface area (Å²) in [7, 11) is 1.57. The van der Waals surface area contributed by atoms with Crippen LogP contribution in [0.5, 0.6) is 11.5 Å². The van der Waals surface area contributed by atoms with Crippen LogP contribution in [0.2, 0.25) is 0 Å². The first-order valence-electron chi connectivity index (χ1n) is 10.6. The zero-order chi connectivity index (χ0) is 23.0. The van der Waals surface area contributed by atoms with Crippen molar-refractivity contribution in [2.45, 2.75) is 25.6 Å². The number of hydrogen-bond donors (Lipinski definition) is 2. The molecule has 0 radical (unpaired) electrons. The smallest absolute Gasteiger partial charge is 0.273 e. The van der Waals surface area contributed by atoms with Crippen molar-refractivity contribution in [1.29, 1.82) is 0 Å². The fraction of sp³-hybridized carbons (Fsp3) is 0.292. The Morgan fingerprint density at radius 3 is 2.52 bits per heavy atom. The number of rotatable bonds is 9. The second-order valence-corrected chi connectivity index (χ2v) is 7.52. The Bertz CT molecular complexity index is 1070. The number of aromatic nitrogens is 1. The summed E-state index contributed by atoms with van der Waals surface area (Å²) in [5, 5.41) is 9.42. The van der Waals surface area contributed by atoms with Crippen molar-refractivity contribution in [3.8, 4) is 11.5 Å². The highest BCUT2D eigenvalue weighted by molar-refractivity contribution is 6.04. The number of anilines is 1. The Labute approximate surface area is 191 Å². The van der Waals surface area contributed by atoms with Crippen molar-refractivity contribution in [2.24, 2.45) is 0 Å². The van der Waals surface area contributed by atoms with E-state index in [-0.39, 0.29) is 30.2 Å². The van der Waals surface area contributed by atoms with Crippen LogP contribution in [0, 0.1) is 0 Å². The molecule has 9 heteroatoms. The molecule has 2 N–H and O–H groups in total. The largest absolute Gasteiger partial charge is 0.497 e. The van der Waals surface area contributed by atoms with E-state index in [1.165, 1.54) is 0 Å². The van der Waals surface area contributed by atoms with Gasteiger partial charge in [-0.1, -0.05) is 5.16 Å². The molecule has 1 aromatic heterocycles. The summed E-state index contributed by atoms with van der Waals surface area (Å²) in [6.07, 6.45) is 2.03. The number of carbonyl (C=O) groups is 2. The van der Waals surface area contributed by atoms with Gasteiger partial charge in [-0.05, 0) is 61.4 Å². The summed E-state index contributed by atoms with van der Waals surface area (Å²) in [5.74, 6) is 1.16. The standard InChI is InChI=1S/C24H25N3O6/c1-30-18-8-4-16(5-9-18)23(28)26-17-6-10-19(11-7-17)32-15-21-13-22(27-33-21)24(29)25-14-20-3-2-12-31-20/h4-11,13,20H,2-3,12,14-15H2,1H3,(H,25,29)(H,26,28)/t20-/m1/s1. The van der Waals surface area contributed by atoms with Gasteiger partial charge in [-0.15, -0.1) is 0 Å². The van der Waals surface area contributed by atoms with Crippen LogP contribution in [-0.2, 0) is 11.3 Å². The minimum Gasteiger partial charge on any atom is -0.497 e. The molecule has 1 atom stereocenters. The summed E-state index contributed by atoms with van der Waals surface area (Å²) in [4.78, 5) is 24.5. The molecule has 2 amide bonds. The van der Waals surface area contributed by atoms with Crippen LogP contribution in [-0.4, -0.2) is 43.3 Å². The highest BCUT2D eigenvalue weighted by Gasteiger charge is 2.18. The Kier molecular flexibility index (Phi) is 7.21. The van der Waals surface area contributed by atoms with Gasteiger partial charge in [-0.2, -0.15) is 0 Å². The number of hydrogen-bond acceptors (Lipinski definition) is 7. The lowest BCUT2D eigenvalue weighted by Gasteiger charge is -2.09. The quantitative estimate of drug-likeness (QED) is 0.513. The van der Waals surface area contributed by atoms with E-state index in [1.54, 1.807) is 61.7 Å². The van der Waals surface area contributed by atoms with Crippen LogP contribution in [0.1, 0.15) is 39.4 Å². The third-order valence-electron chi connectivity index (χ3n) is 5.15. The molecule has 2 heterocycles. The zero-order valence-electron chi connectivity index (χ0n) is 18.2. The maximum Gasteiger partial charge on any atom is 0.273 e. The van der Waals surface area contributed by atoms with Gasteiger partial charge in [-0.25, -0.2) is 0 Å². The molecule has 0 saturated carbocycles. The van der Waals surface area contributed by atoms with Gasteiger partial charge in [-0.3, -0.25) is 9.59 Å². The van der Waals surface area contributed by atoms with Crippen LogP contribution >= 0.6 is 0 Å². The topological polar surface area (TPSA) is 112 Å². The minimum atomic E-state index is -0.308. The molecule has 2 aromatic carbocycles. The SMILES string of the molecule is COc1ccc(C(=O)Nc2ccc(OCc3cc(C(=O)NC[C@H]4CCCO4)no3)cc2)cc1. The van der Waals surface area contributed by atoms with Crippen molar-refractivity contribution in [3.63, 3.8) is 0 Å². The van der Waals surface area contributed by atoms with Gasteiger partial charge < -0.3 is 29.4 Å². The van der Waals surface area contributed by atoms with E-state index < -0.39 is 0 Å². The fourth-order valence-electron chi connectivity index (χ4n) is 3.33. The summed E-state index contributed by atoms with van der Waals surface area (Å²) in [6.45, 7) is 1.31. The first-order chi connectivity index (χ1) is 16.1. The van der Waals surface area contributed by atoms with Crippen LogP contribution < -0.4 is 20.1 Å². The number of carbonyl (C=O) groups excluding carboxylic acids is 2. The summed E-state index contributed by atoms with van der Waals surface area (Å²) in [6, 6.07) is 15.3. The van der Waals surface area contributed by atoms with E-state index in [4.69, 9.17) is 18.7 Å². The second-order valence-electron chi connectivity index (χ2n) is 7.52. The highest BCUT2D eigenvalue weighted by atomic mass is 16.5. The van der Waals surface area contributed by atoms with Crippen molar-refractivity contribution < 1.29 is 28.3 Å². The average molecular weight is 451 g/mol. The van der Waals surface area contributed by atoms with Gasteiger partial charge in [0.05, 0.1) is 13.2 Å². The van der Waals surface area contributed by atoms with Gasteiger partial charge in [0, 0.05) is 30.5 Å². The number of ether oxygens (including phenoxy) is 3. The average Bonchev–Trinajstić information content (AvgIpc) is 3.54. The van der Waals surface area contributed by atoms with Gasteiger partial charge in [0.15, 0.2) is 11.5 Å². The molecule has 1 aliphatic heterocycles. The van der Waals surface area contributed by atoms with E-state index in [9.17, 15) is 9.59 Å². The Hall–Kier alpha value is -3.85. The summed E-state index contributed by atoms with van der Waals surface area (Å²) in [5.41, 5.74) is 1.35. The lowest BCUT2D eigenvalue weighted by Crippen LogP contribution is -2.31. The van der Waals surface area contributed by atoms with Crippen molar-refractivity contribution in [3.05, 3.63) is 71.6 Å². The fourth-order valence-corrected chi connectivity index (χ4v) is 3.33. The predicted molar refractivity (Wildman–Crippen MR) is 120 cm³/mol. The van der Waals surface area contributed by atoms with E-state index in [0.717, 1.165) is 19.4 Å². The van der Waals surface area contributed by atoms with Crippen LogP contribution in [0.3, 0.4) is 0 Å². The number of amides is 2. The molecule has 0 aliphatic carbocycles. The normalized spacial score (nSPS) is 15.1. The number of benzene rings is 2. The molecule has 0 spiro atoms. The maximum absolute atomic E-state index is 12.3. The van der Waals surface area contributed by atoms with Crippen molar-refractivity contribution >= 4 is 17.5 Å². The van der Waals surface area contributed by atoms with Crippen molar-refractivity contribution in [1.82, 2.24) is 10.5 Å². The van der Waals surface area contributed by atoms with Gasteiger partial charge in [0.1, 0.15) is 18.1 Å². The summed E-state index contributed by atoms with van der Waals surface area (Å²) < 4.78 is 21.5. The minimum absolute atomic E-state index is 0.0626. The number of nitrogens with one attached hydrogen (secondary N) is 2. The third-order valence-corrected chi connectivity index (χ3v) is 5.15. The molecule has 3 aromatic rings. The molecular weight excluding hydrogens is 426 g/mol. The van der Waals surface area contributed by atoms with Crippen molar-refractivity contribution in [2.75, 3.05) is 25.6 Å².